The second kappa shape index (κ2) is 24.4. The van der Waals surface area contributed by atoms with E-state index in [-0.39, 0.29) is 48.0 Å². The fraction of sp³-hybridized carbons (Fsp3) is 0.571. The van der Waals surface area contributed by atoms with Gasteiger partial charge in [-0.25, -0.2) is 26.3 Å². The van der Waals surface area contributed by atoms with Crippen molar-refractivity contribution in [1.82, 2.24) is 35.6 Å². The Bertz CT molecular complexity index is 2340. The van der Waals surface area contributed by atoms with Crippen molar-refractivity contribution >= 4 is 0 Å². The third-order valence-electron chi connectivity index (χ3n) is 16.1. The molecule has 4 fully saturated rings. The van der Waals surface area contributed by atoms with E-state index in [0.29, 0.717) is 104 Å². The van der Waals surface area contributed by atoms with Crippen molar-refractivity contribution in [3.63, 3.8) is 0 Å². The summed E-state index contributed by atoms with van der Waals surface area (Å²) < 4.78 is 106. The van der Waals surface area contributed by atoms with Crippen molar-refractivity contribution in [3.05, 3.63) is 142 Å². The number of halogens is 6. The van der Waals surface area contributed by atoms with Crippen LogP contribution in [0.1, 0.15) is 113 Å². The lowest BCUT2D eigenvalue weighted by Gasteiger charge is -2.53. The number of piperidine rings is 2. The maximum absolute atomic E-state index is 16.7. The van der Waals surface area contributed by atoms with E-state index in [2.05, 4.69) is 49.4 Å². The van der Waals surface area contributed by atoms with Gasteiger partial charge in [0.2, 0.25) is 0 Å². The van der Waals surface area contributed by atoms with Crippen molar-refractivity contribution in [2.75, 3.05) is 85.3 Å². The standard InChI is InChI=1S/C56H75F6N7O2/c1-4-54(68-27-7-5-11-41(68)2,49-39-47(59)17-19-51(49)61)64-25-22-55(44-14-10-16-46(58)38-44,69-28-8-6-12-42(69)3)65-26-23-56(67-31-35-71-36-32-67,50-40-48(60)18-20-52(50)62)63-24-21-53(66-29-33-70-34-30-66)43-13-9-15-45(57)37-43/h9-10,13-20,37-42,53,63-65H,4-8,11-12,21-36H2,1-3H3. The van der Waals surface area contributed by atoms with Crippen LogP contribution in [0.15, 0.2) is 84.9 Å². The summed E-state index contributed by atoms with van der Waals surface area (Å²) in [6.45, 7) is 12.8. The van der Waals surface area contributed by atoms with Gasteiger partial charge in [0.25, 0.3) is 0 Å². The molecule has 3 N–H and O–H groups in total. The van der Waals surface area contributed by atoms with Gasteiger partial charge in [0, 0.05) is 81.6 Å². The highest BCUT2D eigenvalue weighted by Crippen LogP contribution is 2.41. The van der Waals surface area contributed by atoms with E-state index in [9.17, 15) is 4.39 Å². The Morgan fingerprint density at radius 2 is 1.06 bits per heavy atom. The molecule has 15 heteroatoms. The van der Waals surface area contributed by atoms with Crippen molar-refractivity contribution in [3.8, 4) is 0 Å². The molecular formula is C56H75F6N7O2. The average molecular weight is 992 g/mol. The van der Waals surface area contributed by atoms with Crippen LogP contribution in [-0.4, -0.2) is 117 Å². The van der Waals surface area contributed by atoms with Gasteiger partial charge in [0.15, 0.2) is 0 Å². The summed E-state index contributed by atoms with van der Waals surface area (Å²) in [5, 5.41) is 11.7. The van der Waals surface area contributed by atoms with Crippen LogP contribution in [0.3, 0.4) is 0 Å². The maximum Gasteiger partial charge on any atom is 0.129 e. The number of morpholine rings is 2. The molecule has 388 valence electrons. The quantitative estimate of drug-likeness (QED) is 0.0709. The van der Waals surface area contributed by atoms with Gasteiger partial charge in [-0.2, -0.15) is 0 Å². The Morgan fingerprint density at radius 3 is 1.63 bits per heavy atom. The van der Waals surface area contributed by atoms with E-state index in [0.717, 1.165) is 56.2 Å². The van der Waals surface area contributed by atoms with Gasteiger partial charge in [0.1, 0.15) is 46.2 Å². The first-order valence-electron chi connectivity index (χ1n) is 26.2. The van der Waals surface area contributed by atoms with Gasteiger partial charge in [0.05, 0.1) is 32.1 Å². The number of nitrogens with zero attached hydrogens (tertiary/aromatic N) is 4. The summed E-state index contributed by atoms with van der Waals surface area (Å²) in [5.74, 6) is -2.84. The normalized spacial score (nSPS) is 23.2. The molecule has 4 heterocycles. The molecule has 4 saturated heterocycles. The molecule has 0 amide bonds. The van der Waals surface area contributed by atoms with E-state index >= 15 is 22.0 Å². The predicted molar refractivity (Wildman–Crippen MR) is 266 cm³/mol. The SMILES string of the molecule is CCC(NCCC(NCCC(NCCC(c1cccc(F)c1)N1CCOCC1)(c1cc(F)ccc1F)N1CCOCC1)(c1cccc(F)c1)N1CCCCC1C)(c1cc(F)ccc1F)N1CCCCC1C. The van der Waals surface area contributed by atoms with Crippen LogP contribution in [-0.2, 0) is 26.5 Å². The minimum absolute atomic E-state index is 0.0703. The number of rotatable bonds is 21. The first-order chi connectivity index (χ1) is 34.4. The molecule has 6 unspecified atom stereocenters. The van der Waals surface area contributed by atoms with Gasteiger partial charge < -0.3 is 9.47 Å². The van der Waals surface area contributed by atoms with Crippen LogP contribution in [0.5, 0.6) is 0 Å². The Labute approximate surface area is 417 Å². The van der Waals surface area contributed by atoms with Gasteiger partial charge in [-0.1, -0.05) is 44.0 Å². The van der Waals surface area contributed by atoms with Gasteiger partial charge in [-0.05, 0) is 144 Å². The van der Waals surface area contributed by atoms with Crippen LogP contribution in [0.2, 0.25) is 0 Å². The zero-order chi connectivity index (χ0) is 50.0. The fourth-order valence-electron chi connectivity index (χ4n) is 12.5. The molecule has 8 rings (SSSR count). The highest BCUT2D eigenvalue weighted by molar-refractivity contribution is 5.31. The number of ether oxygens (including phenoxy) is 2. The van der Waals surface area contributed by atoms with E-state index in [1.165, 1.54) is 36.4 Å². The highest BCUT2D eigenvalue weighted by Gasteiger charge is 2.47. The number of likely N-dealkylation sites (tertiary alicyclic amines) is 2. The van der Waals surface area contributed by atoms with Crippen LogP contribution in [0.4, 0.5) is 26.3 Å². The molecule has 0 bridgehead atoms. The first-order valence-corrected chi connectivity index (χ1v) is 26.2. The second-order valence-electron chi connectivity index (χ2n) is 20.2. The monoisotopic (exact) mass is 992 g/mol. The van der Waals surface area contributed by atoms with Crippen molar-refractivity contribution < 1.29 is 35.8 Å². The highest BCUT2D eigenvalue weighted by atomic mass is 19.1. The fourth-order valence-corrected chi connectivity index (χ4v) is 12.5. The second-order valence-corrected chi connectivity index (χ2v) is 20.2. The number of hydrogen-bond donors (Lipinski definition) is 3. The summed E-state index contributed by atoms with van der Waals surface area (Å²) in [7, 11) is 0. The summed E-state index contributed by atoms with van der Waals surface area (Å²) in [6, 6.07) is 20.6. The van der Waals surface area contributed by atoms with Crippen molar-refractivity contribution in [2.24, 2.45) is 0 Å². The predicted octanol–water partition coefficient (Wildman–Crippen LogP) is 9.88. The third kappa shape index (κ3) is 12.1. The van der Waals surface area contributed by atoms with E-state index in [4.69, 9.17) is 9.47 Å². The number of nitrogens with one attached hydrogen (secondary N) is 3. The topological polar surface area (TPSA) is 67.5 Å². The molecule has 0 aliphatic carbocycles. The van der Waals surface area contributed by atoms with Crippen LogP contribution < -0.4 is 16.0 Å². The smallest absolute Gasteiger partial charge is 0.129 e. The lowest BCUT2D eigenvalue weighted by Crippen LogP contribution is -2.65. The Balaban J connectivity index is 1.18. The molecule has 4 aliphatic heterocycles. The molecular weight excluding hydrogens is 917 g/mol. The van der Waals surface area contributed by atoms with E-state index in [1.807, 2.05) is 19.1 Å². The molecule has 6 atom stereocenters. The lowest BCUT2D eigenvalue weighted by molar-refractivity contribution is -0.0546. The molecule has 4 aromatic carbocycles. The summed E-state index contributed by atoms with van der Waals surface area (Å²) >= 11 is 0. The third-order valence-corrected chi connectivity index (χ3v) is 16.1. The molecule has 0 spiro atoms. The van der Waals surface area contributed by atoms with Crippen LogP contribution in [0, 0.1) is 34.9 Å². The van der Waals surface area contributed by atoms with Gasteiger partial charge >= 0.3 is 0 Å². The summed E-state index contributed by atoms with van der Waals surface area (Å²) in [4.78, 5) is 9.16. The summed E-state index contributed by atoms with van der Waals surface area (Å²) in [6.07, 6.45) is 7.38. The van der Waals surface area contributed by atoms with Crippen molar-refractivity contribution in [2.45, 2.75) is 120 Å². The average Bonchev–Trinajstić information content (AvgIpc) is 3.38. The largest absolute Gasteiger partial charge is 0.379 e. The minimum atomic E-state index is -1.27. The Morgan fingerprint density at radius 1 is 0.549 bits per heavy atom. The molecule has 0 radical (unpaired) electrons. The lowest BCUT2D eigenvalue weighted by atomic mass is 9.86. The van der Waals surface area contributed by atoms with E-state index in [1.54, 1.807) is 24.3 Å². The molecule has 4 aromatic rings. The zero-order valence-electron chi connectivity index (χ0n) is 42.0. The Kier molecular flexibility index (Phi) is 18.4. The van der Waals surface area contributed by atoms with E-state index < -0.39 is 46.1 Å². The molecule has 0 saturated carbocycles. The Hall–Kier alpha value is -3.90. The van der Waals surface area contributed by atoms with Crippen LogP contribution in [0.25, 0.3) is 0 Å². The number of hydrogen-bond acceptors (Lipinski definition) is 9. The maximum atomic E-state index is 16.7. The molecule has 4 aliphatic rings. The van der Waals surface area contributed by atoms with Gasteiger partial charge in [-0.15, -0.1) is 0 Å². The molecule has 0 aromatic heterocycles. The number of benzene rings is 4. The first kappa shape index (κ1) is 53.4. The zero-order valence-corrected chi connectivity index (χ0v) is 42.0. The summed E-state index contributed by atoms with van der Waals surface area (Å²) in [5.41, 5.74) is -1.37. The molecule has 9 nitrogen and oxygen atoms in total. The minimum Gasteiger partial charge on any atom is -0.379 e. The van der Waals surface area contributed by atoms with Crippen molar-refractivity contribution in [1.29, 1.82) is 0 Å². The molecule has 71 heavy (non-hydrogen) atoms. The van der Waals surface area contributed by atoms with Gasteiger partial charge in [-0.3, -0.25) is 35.6 Å². The van der Waals surface area contributed by atoms with Crippen LogP contribution >= 0.6 is 0 Å².